The van der Waals surface area contributed by atoms with E-state index in [0.29, 0.717) is 6.42 Å². The molecule has 0 heterocycles. The second-order valence-electron chi connectivity index (χ2n) is 2.99. The molecule has 0 spiro atoms. The summed E-state index contributed by atoms with van der Waals surface area (Å²) >= 11 is 1.02. The number of primary amides is 1. The van der Waals surface area contributed by atoms with E-state index >= 15 is 0 Å². The van der Waals surface area contributed by atoms with E-state index in [1.165, 1.54) is 6.07 Å². The van der Waals surface area contributed by atoms with E-state index in [2.05, 4.69) is 0 Å². The lowest BCUT2D eigenvalue weighted by atomic mass is 10.3. The Morgan fingerprint density at radius 1 is 1.53 bits per heavy atom. The fraction of sp³-hybridized carbons (Fsp3) is 0.300. The van der Waals surface area contributed by atoms with E-state index in [1.54, 1.807) is 6.92 Å². The number of hydrogen-bond acceptors (Lipinski definition) is 2. The molecule has 1 rings (SSSR count). The number of nitrogens with two attached hydrogens (primary N) is 1. The van der Waals surface area contributed by atoms with Gasteiger partial charge < -0.3 is 5.73 Å². The molecule has 0 saturated carbocycles. The molecule has 0 bridgehead atoms. The van der Waals surface area contributed by atoms with Gasteiger partial charge in [-0.25, -0.2) is 8.78 Å². The summed E-state index contributed by atoms with van der Waals surface area (Å²) in [6.45, 7) is 1.78. The van der Waals surface area contributed by atoms with E-state index in [-0.39, 0.29) is 4.90 Å². The maximum absolute atomic E-state index is 13.2. The van der Waals surface area contributed by atoms with Crippen molar-refractivity contribution in [2.24, 2.45) is 5.73 Å². The van der Waals surface area contributed by atoms with Crippen molar-refractivity contribution in [3.63, 3.8) is 0 Å². The third-order valence-electron chi connectivity index (χ3n) is 1.85. The Labute approximate surface area is 90.8 Å². The molecule has 2 nitrogen and oxygen atoms in total. The predicted molar refractivity (Wildman–Crippen MR) is 55.5 cm³/mol. The van der Waals surface area contributed by atoms with Crippen LogP contribution in [0.25, 0.3) is 0 Å². The summed E-state index contributed by atoms with van der Waals surface area (Å²) in [4.78, 5) is 11.2. The van der Waals surface area contributed by atoms with Crippen molar-refractivity contribution in [1.29, 1.82) is 0 Å². The molecule has 1 atom stereocenters. The first-order valence-electron chi connectivity index (χ1n) is 4.45. The molecule has 0 radical (unpaired) electrons. The number of thioether (sulfide) groups is 1. The van der Waals surface area contributed by atoms with E-state index < -0.39 is 22.8 Å². The van der Waals surface area contributed by atoms with Crippen LogP contribution in [0.2, 0.25) is 0 Å². The van der Waals surface area contributed by atoms with Crippen LogP contribution in [0.1, 0.15) is 13.3 Å². The van der Waals surface area contributed by atoms with Gasteiger partial charge in [0.2, 0.25) is 5.91 Å². The molecular formula is C10H11F2NOS. The molecule has 82 valence electrons. The fourth-order valence-corrected chi connectivity index (χ4v) is 1.97. The minimum absolute atomic E-state index is 0.238. The Morgan fingerprint density at radius 2 is 2.20 bits per heavy atom. The monoisotopic (exact) mass is 231 g/mol. The van der Waals surface area contributed by atoms with Crippen LogP contribution in [0, 0.1) is 11.6 Å². The number of hydrogen-bond donors (Lipinski definition) is 1. The Kier molecular flexibility index (Phi) is 4.08. The maximum atomic E-state index is 13.2. The molecule has 2 N–H and O–H groups in total. The lowest BCUT2D eigenvalue weighted by molar-refractivity contribution is -0.117. The van der Waals surface area contributed by atoms with E-state index in [9.17, 15) is 13.6 Å². The van der Waals surface area contributed by atoms with Gasteiger partial charge in [-0.2, -0.15) is 0 Å². The summed E-state index contributed by atoms with van der Waals surface area (Å²) in [6.07, 6.45) is 0.511. The first-order valence-corrected chi connectivity index (χ1v) is 5.33. The third-order valence-corrected chi connectivity index (χ3v) is 3.29. The molecule has 0 saturated heterocycles. The molecule has 1 aromatic rings. The van der Waals surface area contributed by atoms with Crippen LogP contribution in [0.15, 0.2) is 23.1 Å². The molecule has 0 aliphatic carbocycles. The molecule has 0 fully saturated rings. The summed E-state index contributed by atoms with van der Waals surface area (Å²) in [5.41, 5.74) is 5.12. The second-order valence-corrected chi connectivity index (χ2v) is 4.24. The molecule has 1 aromatic carbocycles. The Hall–Kier alpha value is -1.10. The summed E-state index contributed by atoms with van der Waals surface area (Å²) in [7, 11) is 0. The zero-order valence-electron chi connectivity index (χ0n) is 8.17. The van der Waals surface area contributed by atoms with Crippen LogP contribution in [-0.4, -0.2) is 11.2 Å². The van der Waals surface area contributed by atoms with Gasteiger partial charge in [-0.05, 0) is 18.6 Å². The topological polar surface area (TPSA) is 43.1 Å². The zero-order chi connectivity index (χ0) is 11.4. The fourth-order valence-electron chi connectivity index (χ4n) is 1.07. The molecule has 0 aromatic heterocycles. The lowest BCUT2D eigenvalue weighted by Gasteiger charge is -2.10. The van der Waals surface area contributed by atoms with Gasteiger partial charge in [-0.15, -0.1) is 11.8 Å². The number of carbonyl (C=O) groups is 1. The highest BCUT2D eigenvalue weighted by atomic mass is 32.2. The summed E-state index contributed by atoms with van der Waals surface area (Å²) < 4.78 is 25.8. The molecule has 0 aliphatic heterocycles. The highest BCUT2D eigenvalue weighted by Gasteiger charge is 2.16. The highest BCUT2D eigenvalue weighted by molar-refractivity contribution is 8.00. The quantitative estimate of drug-likeness (QED) is 0.808. The van der Waals surface area contributed by atoms with Gasteiger partial charge in [-0.1, -0.05) is 6.92 Å². The van der Waals surface area contributed by atoms with Crippen molar-refractivity contribution in [3.05, 3.63) is 29.8 Å². The molecule has 1 unspecified atom stereocenters. The number of amides is 1. The predicted octanol–water partition coefficient (Wildman–Crippen LogP) is 2.32. The van der Waals surface area contributed by atoms with Crippen molar-refractivity contribution in [3.8, 4) is 0 Å². The van der Waals surface area contributed by atoms with Crippen molar-refractivity contribution in [2.45, 2.75) is 23.5 Å². The number of benzene rings is 1. The standard InChI is InChI=1S/C10H11F2NOS/c1-2-8(10(13)14)15-9-4-3-6(11)5-7(9)12/h3-5,8H,2H2,1H3,(H2,13,14). The average molecular weight is 231 g/mol. The van der Waals surface area contributed by atoms with Crippen LogP contribution >= 0.6 is 11.8 Å². The van der Waals surface area contributed by atoms with Gasteiger partial charge in [-0.3, -0.25) is 4.79 Å². The maximum Gasteiger partial charge on any atom is 0.230 e. The first kappa shape index (κ1) is 12.0. The summed E-state index contributed by atoms with van der Waals surface area (Å²) in [6, 6.07) is 3.25. The van der Waals surface area contributed by atoms with Gasteiger partial charge in [0.15, 0.2) is 0 Å². The van der Waals surface area contributed by atoms with Gasteiger partial charge in [0.25, 0.3) is 0 Å². The van der Waals surface area contributed by atoms with Crippen LogP contribution in [0.4, 0.5) is 8.78 Å². The minimum atomic E-state index is -0.667. The highest BCUT2D eigenvalue weighted by Crippen LogP contribution is 2.27. The van der Waals surface area contributed by atoms with E-state index in [1.807, 2.05) is 0 Å². The lowest BCUT2D eigenvalue weighted by Crippen LogP contribution is -2.24. The van der Waals surface area contributed by atoms with Gasteiger partial charge in [0, 0.05) is 11.0 Å². The SMILES string of the molecule is CCC(Sc1ccc(F)cc1F)C(N)=O. The van der Waals surface area contributed by atoms with Crippen LogP contribution < -0.4 is 5.73 Å². The van der Waals surface area contributed by atoms with Crippen LogP contribution in [0.3, 0.4) is 0 Å². The van der Waals surface area contributed by atoms with Gasteiger partial charge in [0.1, 0.15) is 11.6 Å². The molecule has 5 heteroatoms. The van der Waals surface area contributed by atoms with Crippen molar-refractivity contribution >= 4 is 17.7 Å². The van der Waals surface area contributed by atoms with E-state index in [4.69, 9.17) is 5.73 Å². The molecule has 1 amide bonds. The smallest absolute Gasteiger partial charge is 0.230 e. The number of carbonyl (C=O) groups excluding carboxylic acids is 1. The second kappa shape index (κ2) is 5.11. The van der Waals surface area contributed by atoms with Gasteiger partial charge >= 0.3 is 0 Å². The number of rotatable bonds is 4. The molecule has 15 heavy (non-hydrogen) atoms. The molecular weight excluding hydrogens is 220 g/mol. The van der Waals surface area contributed by atoms with Crippen molar-refractivity contribution in [2.75, 3.05) is 0 Å². The van der Waals surface area contributed by atoms with Crippen molar-refractivity contribution in [1.82, 2.24) is 0 Å². The third kappa shape index (κ3) is 3.20. The van der Waals surface area contributed by atoms with E-state index in [0.717, 1.165) is 23.9 Å². The Bertz CT molecular complexity index is 370. The minimum Gasteiger partial charge on any atom is -0.369 e. The largest absolute Gasteiger partial charge is 0.369 e. The average Bonchev–Trinajstić information content (AvgIpc) is 2.16. The Morgan fingerprint density at radius 3 is 2.67 bits per heavy atom. The summed E-state index contributed by atoms with van der Waals surface area (Å²) in [5.74, 6) is -1.80. The van der Waals surface area contributed by atoms with Crippen LogP contribution in [0.5, 0.6) is 0 Å². The van der Waals surface area contributed by atoms with Gasteiger partial charge in [0.05, 0.1) is 5.25 Å². The normalized spacial score (nSPS) is 12.5. The summed E-state index contributed by atoms with van der Waals surface area (Å²) in [5, 5.41) is -0.482. The van der Waals surface area contributed by atoms with Crippen LogP contribution in [-0.2, 0) is 4.79 Å². The molecule has 0 aliphatic rings. The number of halogens is 2. The first-order chi connectivity index (χ1) is 7.04. The Balaban J connectivity index is 2.84. The van der Waals surface area contributed by atoms with Crippen molar-refractivity contribution < 1.29 is 13.6 Å². The zero-order valence-corrected chi connectivity index (χ0v) is 8.98.